The van der Waals surface area contributed by atoms with Crippen LogP contribution in [0.25, 0.3) is 28.0 Å². The van der Waals surface area contributed by atoms with Crippen LogP contribution in [-0.4, -0.2) is 80.3 Å². The summed E-state index contributed by atoms with van der Waals surface area (Å²) in [6.07, 6.45) is 3.45. The molecule has 1 fully saturated rings. The number of nitrogens with two attached hydrogens (primary N) is 1. The number of anilines is 2. The van der Waals surface area contributed by atoms with Gasteiger partial charge in [-0.2, -0.15) is 19.7 Å². The molecule has 11 heteroatoms. The Labute approximate surface area is 207 Å². The van der Waals surface area contributed by atoms with Crippen molar-refractivity contribution in [2.45, 2.75) is 6.54 Å². The predicted octanol–water partition coefficient (Wildman–Crippen LogP) is 2.11. The predicted molar refractivity (Wildman–Crippen MR) is 136 cm³/mol. The SMILES string of the molecule is Nc1nc2c(cnn2CCN2CCN(c3ccc(OCCO)cc3)CC2)c2cc(-c3ccco3)nn12. The second-order valence-corrected chi connectivity index (χ2v) is 8.77. The molecule has 0 saturated carbocycles. The molecule has 0 unspecified atom stereocenters. The first-order valence-electron chi connectivity index (χ1n) is 12.1. The first kappa shape index (κ1) is 22.4. The number of hydrogen-bond acceptors (Lipinski definition) is 9. The molecular formula is C25H28N8O3. The van der Waals surface area contributed by atoms with E-state index < -0.39 is 0 Å². The molecule has 0 atom stereocenters. The van der Waals surface area contributed by atoms with Crippen molar-refractivity contribution in [1.82, 2.24) is 29.3 Å². The van der Waals surface area contributed by atoms with Crippen molar-refractivity contribution in [3.8, 4) is 17.2 Å². The molecule has 6 rings (SSSR count). The van der Waals surface area contributed by atoms with Gasteiger partial charge < -0.3 is 24.9 Å². The Morgan fingerprint density at radius 2 is 1.89 bits per heavy atom. The first-order chi connectivity index (χ1) is 17.7. The second-order valence-electron chi connectivity index (χ2n) is 8.77. The topological polar surface area (TPSA) is 123 Å². The number of piperazine rings is 1. The lowest BCUT2D eigenvalue weighted by Crippen LogP contribution is -2.47. The molecule has 0 spiro atoms. The van der Waals surface area contributed by atoms with Crippen LogP contribution in [0.3, 0.4) is 0 Å². The largest absolute Gasteiger partial charge is 0.491 e. The number of fused-ring (bicyclic) bond motifs is 3. The van der Waals surface area contributed by atoms with Crippen LogP contribution in [0.4, 0.5) is 11.6 Å². The van der Waals surface area contributed by atoms with Crippen molar-refractivity contribution in [3.05, 3.63) is 54.9 Å². The van der Waals surface area contributed by atoms with Crippen LogP contribution in [0.2, 0.25) is 0 Å². The molecule has 1 aliphatic rings. The van der Waals surface area contributed by atoms with Gasteiger partial charge in [0.25, 0.3) is 0 Å². The Kier molecular flexibility index (Phi) is 5.91. The van der Waals surface area contributed by atoms with E-state index in [2.05, 4.69) is 37.1 Å². The van der Waals surface area contributed by atoms with Crippen LogP contribution in [0.5, 0.6) is 5.75 Å². The fraction of sp³-hybridized carbons (Fsp3) is 0.320. The van der Waals surface area contributed by atoms with Gasteiger partial charge in [0.05, 0.1) is 36.5 Å². The molecule has 0 aliphatic carbocycles. The summed E-state index contributed by atoms with van der Waals surface area (Å²) in [6.45, 7) is 5.77. The average Bonchev–Trinajstić information content (AvgIpc) is 3.67. The summed E-state index contributed by atoms with van der Waals surface area (Å²) in [5.41, 5.74) is 9.75. The Hall–Kier alpha value is -4.09. The number of rotatable bonds is 8. The van der Waals surface area contributed by atoms with Gasteiger partial charge in [0.1, 0.15) is 18.1 Å². The summed E-state index contributed by atoms with van der Waals surface area (Å²) in [5.74, 6) is 1.78. The molecule has 186 valence electrons. The number of benzene rings is 1. The van der Waals surface area contributed by atoms with E-state index in [1.165, 1.54) is 5.69 Å². The fourth-order valence-corrected chi connectivity index (χ4v) is 4.67. The molecule has 3 N–H and O–H groups in total. The van der Waals surface area contributed by atoms with E-state index >= 15 is 0 Å². The van der Waals surface area contributed by atoms with E-state index in [4.69, 9.17) is 20.0 Å². The zero-order chi connectivity index (χ0) is 24.5. The number of ether oxygens (including phenoxy) is 1. The number of nitrogens with zero attached hydrogens (tertiary/aromatic N) is 7. The maximum atomic E-state index is 8.90. The van der Waals surface area contributed by atoms with E-state index in [0.29, 0.717) is 24.0 Å². The van der Waals surface area contributed by atoms with Gasteiger partial charge >= 0.3 is 0 Å². The number of aliphatic hydroxyl groups excluding tert-OH is 1. The Bertz CT molecular complexity index is 1450. The lowest BCUT2D eigenvalue weighted by molar-refractivity contribution is 0.201. The maximum absolute atomic E-state index is 8.90. The van der Waals surface area contributed by atoms with Crippen LogP contribution in [0, 0.1) is 0 Å². The van der Waals surface area contributed by atoms with Crippen molar-refractivity contribution in [2.75, 3.05) is 56.6 Å². The van der Waals surface area contributed by atoms with Crippen LogP contribution >= 0.6 is 0 Å². The summed E-state index contributed by atoms with van der Waals surface area (Å²) in [4.78, 5) is 9.42. The molecular weight excluding hydrogens is 460 g/mol. The second kappa shape index (κ2) is 9.51. The minimum Gasteiger partial charge on any atom is -0.491 e. The Morgan fingerprint density at radius 1 is 1.06 bits per heavy atom. The van der Waals surface area contributed by atoms with Crippen molar-refractivity contribution in [3.63, 3.8) is 0 Å². The highest BCUT2D eigenvalue weighted by Gasteiger charge is 2.19. The molecule has 5 aromatic rings. The zero-order valence-corrected chi connectivity index (χ0v) is 19.8. The molecule has 0 amide bonds. The Morgan fingerprint density at radius 3 is 2.64 bits per heavy atom. The first-order valence-corrected chi connectivity index (χ1v) is 12.1. The van der Waals surface area contributed by atoms with Crippen LogP contribution < -0.4 is 15.4 Å². The third kappa shape index (κ3) is 4.23. The van der Waals surface area contributed by atoms with Gasteiger partial charge in [-0.15, -0.1) is 0 Å². The molecule has 5 heterocycles. The molecule has 1 aromatic carbocycles. The molecule has 0 bridgehead atoms. The maximum Gasteiger partial charge on any atom is 0.223 e. The van der Waals surface area contributed by atoms with Crippen LogP contribution in [-0.2, 0) is 6.54 Å². The third-order valence-corrected chi connectivity index (χ3v) is 6.57. The minimum atomic E-state index is 0.0161. The zero-order valence-electron chi connectivity index (χ0n) is 19.8. The van der Waals surface area contributed by atoms with Gasteiger partial charge in [0.2, 0.25) is 5.95 Å². The van der Waals surface area contributed by atoms with Gasteiger partial charge in [0.15, 0.2) is 11.4 Å². The Balaban J connectivity index is 1.11. The van der Waals surface area contributed by atoms with Crippen molar-refractivity contribution >= 4 is 28.2 Å². The monoisotopic (exact) mass is 488 g/mol. The van der Waals surface area contributed by atoms with Crippen molar-refractivity contribution < 1.29 is 14.3 Å². The number of aromatic nitrogens is 5. The van der Waals surface area contributed by atoms with E-state index in [-0.39, 0.29) is 6.61 Å². The van der Waals surface area contributed by atoms with Crippen molar-refractivity contribution in [2.24, 2.45) is 0 Å². The molecule has 4 aromatic heterocycles. The third-order valence-electron chi connectivity index (χ3n) is 6.57. The summed E-state index contributed by atoms with van der Waals surface area (Å²) >= 11 is 0. The highest BCUT2D eigenvalue weighted by Crippen LogP contribution is 2.26. The number of nitrogen functional groups attached to an aromatic ring is 1. The quantitative estimate of drug-likeness (QED) is 0.338. The lowest BCUT2D eigenvalue weighted by atomic mass is 10.2. The lowest BCUT2D eigenvalue weighted by Gasteiger charge is -2.36. The summed E-state index contributed by atoms with van der Waals surface area (Å²) < 4.78 is 14.5. The number of hydrogen-bond donors (Lipinski definition) is 2. The standard InChI is InChI=1S/C25H28N8O3/c26-25-28-24-20(22-16-21(29-33(22)25)23-2-1-14-36-23)17-27-32(24)12-9-30-7-10-31(11-8-30)18-3-5-19(6-4-18)35-15-13-34/h1-6,14,16-17,34H,7-13,15H2,(H2,26,28). The molecule has 1 saturated heterocycles. The summed E-state index contributed by atoms with van der Waals surface area (Å²) in [7, 11) is 0. The molecule has 1 aliphatic heterocycles. The van der Waals surface area contributed by atoms with E-state index in [1.807, 2.05) is 41.2 Å². The van der Waals surface area contributed by atoms with Gasteiger partial charge in [-0.25, -0.2) is 4.68 Å². The van der Waals surface area contributed by atoms with Crippen molar-refractivity contribution in [1.29, 1.82) is 0 Å². The van der Waals surface area contributed by atoms with Gasteiger partial charge in [0, 0.05) is 38.4 Å². The van der Waals surface area contributed by atoms with E-state index in [1.54, 1.807) is 10.8 Å². The highest BCUT2D eigenvalue weighted by molar-refractivity contribution is 5.93. The molecule has 11 nitrogen and oxygen atoms in total. The molecule has 36 heavy (non-hydrogen) atoms. The number of aliphatic hydroxyl groups is 1. The van der Waals surface area contributed by atoms with E-state index in [9.17, 15) is 0 Å². The van der Waals surface area contributed by atoms with Crippen LogP contribution in [0.1, 0.15) is 0 Å². The van der Waals surface area contributed by atoms with Gasteiger partial charge in [-0.3, -0.25) is 4.90 Å². The van der Waals surface area contributed by atoms with Gasteiger partial charge in [-0.1, -0.05) is 0 Å². The summed E-state index contributed by atoms with van der Waals surface area (Å²) in [5, 5.41) is 19.0. The summed E-state index contributed by atoms with van der Waals surface area (Å²) in [6, 6.07) is 13.7. The highest BCUT2D eigenvalue weighted by atomic mass is 16.5. The molecule has 0 radical (unpaired) electrons. The number of furan rings is 1. The van der Waals surface area contributed by atoms with Gasteiger partial charge in [-0.05, 0) is 42.5 Å². The van der Waals surface area contributed by atoms with Crippen LogP contribution in [0.15, 0.2) is 59.3 Å². The van der Waals surface area contributed by atoms with E-state index in [0.717, 1.165) is 61.6 Å². The minimum absolute atomic E-state index is 0.0161. The smallest absolute Gasteiger partial charge is 0.223 e. The average molecular weight is 489 g/mol. The normalized spacial score (nSPS) is 14.8. The fourth-order valence-electron chi connectivity index (χ4n) is 4.67.